The number of carboxylic acids is 2. The van der Waals surface area contributed by atoms with E-state index in [9.17, 15) is 26.3 Å². The third-order valence-corrected chi connectivity index (χ3v) is 5.47. The van der Waals surface area contributed by atoms with Crippen molar-refractivity contribution in [2.75, 3.05) is 19.8 Å². The molecule has 4 rings (SSSR count). The summed E-state index contributed by atoms with van der Waals surface area (Å²) in [5.74, 6) is -4.24. The van der Waals surface area contributed by atoms with Crippen LogP contribution in [0.5, 0.6) is 0 Å². The number of pyridine rings is 1. The molecule has 1 fully saturated rings. The van der Waals surface area contributed by atoms with E-state index in [0.29, 0.717) is 5.92 Å². The predicted molar refractivity (Wildman–Crippen MR) is 120 cm³/mol. The summed E-state index contributed by atoms with van der Waals surface area (Å²) in [5, 5.41) is 19.1. The van der Waals surface area contributed by atoms with Crippen molar-refractivity contribution < 1.29 is 50.9 Å². The van der Waals surface area contributed by atoms with Crippen LogP contribution in [-0.4, -0.2) is 73.9 Å². The van der Waals surface area contributed by atoms with Crippen LogP contribution in [-0.2, 0) is 34.0 Å². The molecule has 1 unspecified atom stereocenters. The number of halogens is 6. The Morgan fingerprint density at radius 2 is 1.61 bits per heavy atom. The van der Waals surface area contributed by atoms with E-state index in [1.165, 1.54) is 29.7 Å². The molecule has 3 heterocycles. The minimum Gasteiger partial charge on any atom is -0.475 e. The first-order valence-corrected chi connectivity index (χ1v) is 11.6. The Morgan fingerprint density at radius 1 is 1.05 bits per heavy atom. The largest absolute Gasteiger partial charge is 0.490 e. The molecule has 0 radical (unpaired) electrons. The van der Waals surface area contributed by atoms with Crippen molar-refractivity contribution in [1.29, 1.82) is 0 Å². The van der Waals surface area contributed by atoms with Gasteiger partial charge < -0.3 is 14.9 Å². The van der Waals surface area contributed by atoms with E-state index in [1.807, 2.05) is 12.4 Å². The second-order valence-corrected chi connectivity index (χ2v) is 8.68. The van der Waals surface area contributed by atoms with E-state index in [1.54, 1.807) is 0 Å². The fourth-order valence-corrected chi connectivity index (χ4v) is 3.55. The number of carbonyl (C=O) groups is 2. The van der Waals surface area contributed by atoms with Crippen LogP contribution in [0.1, 0.15) is 42.5 Å². The first-order valence-electron chi connectivity index (χ1n) is 11.6. The molecule has 38 heavy (non-hydrogen) atoms. The molecule has 2 aromatic heterocycles. The number of ether oxygens (including phenoxy) is 1. The molecule has 2 aliphatic rings. The second kappa shape index (κ2) is 13.6. The smallest absolute Gasteiger partial charge is 0.475 e. The average molecular weight is 554 g/mol. The van der Waals surface area contributed by atoms with Gasteiger partial charge in [0.05, 0.1) is 12.3 Å². The predicted octanol–water partition coefficient (Wildman–Crippen LogP) is 4.09. The first kappa shape index (κ1) is 31.0. The number of rotatable bonds is 7. The lowest BCUT2D eigenvalue weighted by molar-refractivity contribution is -0.193. The highest BCUT2D eigenvalue weighted by atomic mass is 19.4. The Balaban J connectivity index is 0.000000301. The molecule has 0 saturated heterocycles. The number of nitrogens with zero attached hydrogens (tertiary/aromatic N) is 4. The zero-order valence-electron chi connectivity index (χ0n) is 20.4. The minimum atomic E-state index is -5.08. The summed E-state index contributed by atoms with van der Waals surface area (Å²) < 4.78 is 71.4. The molecule has 2 aromatic rings. The van der Waals surface area contributed by atoms with Gasteiger partial charge in [-0.1, -0.05) is 0 Å². The third kappa shape index (κ3) is 10.7. The van der Waals surface area contributed by atoms with Crippen LogP contribution in [0, 0.1) is 5.92 Å². The van der Waals surface area contributed by atoms with Crippen molar-refractivity contribution in [1.82, 2.24) is 19.7 Å². The van der Waals surface area contributed by atoms with Gasteiger partial charge in [-0.3, -0.25) is 14.6 Å². The lowest BCUT2D eigenvalue weighted by Gasteiger charge is -2.31. The van der Waals surface area contributed by atoms with Gasteiger partial charge in [0.1, 0.15) is 0 Å². The minimum absolute atomic E-state index is 0.420. The van der Waals surface area contributed by atoms with Gasteiger partial charge in [0, 0.05) is 62.9 Å². The van der Waals surface area contributed by atoms with Crippen LogP contribution in [0.15, 0.2) is 30.7 Å². The van der Waals surface area contributed by atoms with Crippen molar-refractivity contribution in [3.05, 3.63) is 47.5 Å². The van der Waals surface area contributed by atoms with Gasteiger partial charge in [-0.05, 0) is 43.4 Å². The molecule has 0 spiro atoms. The van der Waals surface area contributed by atoms with Crippen molar-refractivity contribution in [2.45, 2.75) is 57.7 Å². The quantitative estimate of drug-likeness (QED) is 0.492. The maximum absolute atomic E-state index is 10.6. The molecule has 15 heteroatoms. The highest BCUT2D eigenvalue weighted by Gasteiger charge is 2.39. The first-order chi connectivity index (χ1) is 17.7. The summed E-state index contributed by atoms with van der Waals surface area (Å²) >= 11 is 0. The van der Waals surface area contributed by atoms with Gasteiger partial charge in [0.2, 0.25) is 0 Å². The van der Waals surface area contributed by atoms with Crippen LogP contribution in [0.2, 0.25) is 0 Å². The van der Waals surface area contributed by atoms with E-state index in [4.69, 9.17) is 29.6 Å². The lowest BCUT2D eigenvalue weighted by atomic mass is 9.95. The fraction of sp³-hybridized carbons (Fsp3) is 0.565. The number of hydrogen-bond donors (Lipinski definition) is 2. The summed E-state index contributed by atoms with van der Waals surface area (Å²) in [6.45, 7) is 7.61. The zero-order chi connectivity index (χ0) is 28.5. The highest BCUT2D eigenvalue weighted by Crippen LogP contribution is 2.33. The van der Waals surface area contributed by atoms with Crippen LogP contribution >= 0.6 is 0 Å². The molecule has 0 bridgehead atoms. The van der Waals surface area contributed by atoms with E-state index in [2.05, 4.69) is 39.8 Å². The molecule has 2 N–H and O–H groups in total. The topological polar surface area (TPSA) is 118 Å². The number of carboxylic acid groups (broad SMARTS) is 2. The van der Waals surface area contributed by atoms with Crippen molar-refractivity contribution >= 4 is 11.9 Å². The van der Waals surface area contributed by atoms with Gasteiger partial charge in [0.15, 0.2) is 0 Å². The monoisotopic (exact) mass is 554 g/mol. The summed E-state index contributed by atoms with van der Waals surface area (Å²) in [6.07, 6.45) is -1.43. The number of aromatic nitrogens is 3. The van der Waals surface area contributed by atoms with E-state index >= 15 is 0 Å². The third-order valence-electron chi connectivity index (χ3n) is 5.47. The molecule has 1 aliphatic heterocycles. The molecular formula is C23H28F6N4O5. The number of alkyl halides is 6. The van der Waals surface area contributed by atoms with Gasteiger partial charge >= 0.3 is 24.3 Å². The highest BCUT2D eigenvalue weighted by molar-refractivity contribution is 5.73. The SMILES string of the molecule is CCOCC1CN(Cc2ccncc2)Cc2nn(CC3CC3)cc21.O=C(O)C(F)(F)F.O=C(O)C(F)(F)F. The lowest BCUT2D eigenvalue weighted by Crippen LogP contribution is -2.34. The van der Waals surface area contributed by atoms with Crippen molar-refractivity contribution in [3.8, 4) is 0 Å². The summed E-state index contributed by atoms with van der Waals surface area (Å²) in [6, 6.07) is 4.19. The molecule has 1 aliphatic carbocycles. The van der Waals surface area contributed by atoms with E-state index in [0.717, 1.165) is 45.3 Å². The average Bonchev–Trinajstić information content (AvgIpc) is 3.54. The summed E-state index contributed by atoms with van der Waals surface area (Å²) in [5.41, 5.74) is 3.94. The van der Waals surface area contributed by atoms with Gasteiger partial charge in [-0.25, -0.2) is 9.59 Å². The molecule has 212 valence electrons. The molecule has 9 nitrogen and oxygen atoms in total. The molecule has 0 amide bonds. The van der Waals surface area contributed by atoms with Gasteiger partial charge in [-0.15, -0.1) is 0 Å². The van der Waals surface area contributed by atoms with E-state index in [-0.39, 0.29) is 0 Å². The molecular weight excluding hydrogens is 526 g/mol. The number of fused-ring (bicyclic) bond motifs is 1. The number of hydrogen-bond acceptors (Lipinski definition) is 6. The summed E-state index contributed by atoms with van der Waals surface area (Å²) in [7, 11) is 0. The fourth-order valence-electron chi connectivity index (χ4n) is 3.55. The van der Waals surface area contributed by atoms with Gasteiger partial charge in [-0.2, -0.15) is 31.4 Å². The Kier molecular flexibility index (Phi) is 11.1. The Morgan fingerprint density at radius 3 is 2.08 bits per heavy atom. The van der Waals surface area contributed by atoms with Crippen LogP contribution in [0.4, 0.5) is 26.3 Å². The van der Waals surface area contributed by atoms with Gasteiger partial charge in [0.25, 0.3) is 0 Å². The number of aliphatic carboxylic acids is 2. The molecule has 1 atom stereocenters. The van der Waals surface area contributed by atoms with Crippen molar-refractivity contribution in [3.63, 3.8) is 0 Å². The maximum atomic E-state index is 10.6. The molecule has 1 saturated carbocycles. The Labute approximate surface area is 214 Å². The standard InChI is InChI=1S/C19H26N4O.2C2HF3O2/c1-2-24-14-17-11-22(9-16-5-7-20-8-6-16)13-19-18(17)12-23(21-19)10-15-3-4-15;2*3-2(4,5)1(6)7/h5-8,12,15,17H,2-4,9-11,13-14H2,1H3;2*(H,6,7). The second-order valence-electron chi connectivity index (χ2n) is 8.68. The van der Waals surface area contributed by atoms with Crippen molar-refractivity contribution in [2.24, 2.45) is 5.92 Å². The maximum Gasteiger partial charge on any atom is 0.490 e. The van der Waals surface area contributed by atoms with Crippen LogP contribution < -0.4 is 0 Å². The van der Waals surface area contributed by atoms with Crippen LogP contribution in [0.3, 0.4) is 0 Å². The van der Waals surface area contributed by atoms with E-state index < -0.39 is 24.3 Å². The Bertz CT molecular complexity index is 1020. The van der Waals surface area contributed by atoms with Crippen LogP contribution in [0.25, 0.3) is 0 Å². The summed E-state index contributed by atoms with van der Waals surface area (Å²) in [4.78, 5) is 24.4. The molecule has 0 aromatic carbocycles. The Hall–Kier alpha value is -3.20. The normalized spacial score (nSPS) is 17.4. The zero-order valence-corrected chi connectivity index (χ0v) is 20.4.